The van der Waals surface area contributed by atoms with Gasteiger partial charge in [-0.25, -0.2) is 4.79 Å². The fourth-order valence-corrected chi connectivity index (χ4v) is 4.00. The van der Waals surface area contributed by atoms with Gasteiger partial charge >= 0.3 is 6.09 Å². The second-order valence-electron chi connectivity index (χ2n) is 9.75. The summed E-state index contributed by atoms with van der Waals surface area (Å²) in [6.45, 7) is 11.0. The van der Waals surface area contributed by atoms with Crippen molar-refractivity contribution in [1.82, 2.24) is 9.80 Å². The van der Waals surface area contributed by atoms with Crippen LogP contribution in [0.4, 0.5) is 4.79 Å². The minimum Gasteiger partial charge on any atom is -0.489 e. The third-order valence-electron chi connectivity index (χ3n) is 5.89. The monoisotopic (exact) mass is 464 g/mol. The van der Waals surface area contributed by atoms with Gasteiger partial charge in [0.25, 0.3) is 0 Å². The highest BCUT2D eigenvalue weighted by Crippen LogP contribution is 2.25. The molecule has 2 amide bonds. The van der Waals surface area contributed by atoms with E-state index >= 15 is 0 Å². The van der Waals surface area contributed by atoms with Crippen LogP contribution in [0.2, 0.25) is 0 Å². The Morgan fingerprint density at radius 3 is 2.59 bits per heavy atom. The summed E-state index contributed by atoms with van der Waals surface area (Å²) in [6.07, 6.45) is 3.34. The minimum absolute atomic E-state index is 0.0122. The number of benzene rings is 2. The van der Waals surface area contributed by atoms with Crippen molar-refractivity contribution in [1.29, 1.82) is 0 Å². The summed E-state index contributed by atoms with van der Waals surface area (Å²) in [6, 6.07) is 15.7. The second-order valence-corrected chi connectivity index (χ2v) is 9.75. The van der Waals surface area contributed by atoms with E-state index in [-0.39, 0.29) is 24.5 Å². The van der Waals surface area contributed by atoms with E-state index in [0.717, 1.165) is 29.5 Å². The van der Waals surface area contributed by atoms with Crippen LogP contribution in [0.25, 0.3) is 6.08 Å². The third kappa shape index (κ3) is 7.11. The molecule has 1 aliphatic heterocycles. The van der Waals surface area contributed by atoms with Crippen molar-refractivity contribution >= 4 is 18.1 Å². The SMILES string of the molecule is C=Cc1ccc(OCc2ccccc2)c(CC(=O)N(C)[C@H]2CCCN(C(=O)OC(C)(C)C)C2)c1. The summed E-state index contributed by atoms with van der Waals surface area (Å²) in [5.41, 5.74) is 2.28. The molecule has 1 saturated heterocycles. The van der Waals surface area contributed by atoms with Crippen LogP contribution in [0.3, 0.4) is 0 Å². The van der Waals surface area contributed by atoms with Crippen molar-refractivity contribution in [3.8, 4) is 5.75 Å². The summed E-state index contributed by atoms with van der Waals surface area (Å²) >= 11 is 0. The van der Waals surface area contributed by atoms with Gasteiger partial charge < -0.3 is 19.3 Å². The number of piperidine rings is 1. The molecule has 0 aliphatic carbocycles. The lowest BCUT2D eigenvalue weighted by molar-refractivity contribution is -0.132. The standard InChI is InChI=1S/C28H36N2O4/c1-6-21-14-15-25(33-20-22-11-8-7-9-12-22)23(17-21)18-26(31)29(5)24-13-10-16-30(19-24)27(32)34-28(2,3)4/h6-9,11-12,14-15,17,24H,1,10,13,16,18-20H2,2-5H3/t24-/m0/s1. The van der Waals surface area contributed by atoms with Gasteiger partial charge in [-0.15, -0.1) is 0 Å². The number of hydrogen-bond acceptors (Lipinski definition) is 4. The Morgan fingerprint density at radius 2 is 1.91 bits per heavy atom. The van der Waals surface area contributed by atoms with Crippen LogP contribution in [0.1, 0.15) is 50.3 Å². The van der Waals surface area contributed by atoms with E-state index in [1.807, 2.05) is 76.3 Å². The van der Waals surface area contributed by atoms with Gasteiger partial charge in [-0.2, -0.15) is 0 Å². The Morgan fingerprint density at radius 1 is 1.18 bits per heavy atom. The van der Waals surface area contributed by atoms with E-state index in [4.69, 9.17) is 9.47 Å². The van der Waals surface area contributed by atoms with Crippen LogP contribution in [0.5, 0.6) is 5.75 Å². The first kappa shape index (κ1) is 25.3. The molecule has 0 bridgehead atoms. The van der Waals surface area contributed by atoms with Gasteiger partial charge in [-0.3, -0.25) is 4.79 Å². The topological polar surface area (TPSA) is 59.1 Å². The zero-order chi connectivity index (χ0) is 24.7. The van der Waals surface area contributed by atoms with Crippen LogP contribution in [-0.2, 0) is 22.6 Å². The van der Waals surface area contributed by atoms with Gasteiger partial charge in [0.2, 0.25) is 5.91 Å². The molecule has 0 radical (unpaired) electrons. The molecule has 0 aromatic heterocycles. The van der Waals surface area contributed by atoms with Crippen molar-refractivity contribution < 1.29 is 19.1 Å². The molecule has 1 fully saturated rings. The number of likely N-dealkylation sites (N-methyl/N-ethyl adjacent to an activating group) is 1. The van der Waals surface area contributed by atoms with E-state index in [1.165, 1.54) is 0 Å². The van der Waals surface area contributed by atoms with E-state index in [0.29, 0.717) is 25.4 Å². The maximum absolute atomic E-state index is 13.3. The van der Waals surface area contributed by atoms with Crippen LogP contribution < -0.4 is 4.74 Å². The number of carbonyl (C=O) groups excluding carboxylic acids is 2. The Labute approximate surface area is 203 Å². The highest BCUT2D eigenvalue weighted by atomic mass is 16.6. The molecule has 0 N–H and O–H groups in total. The van der Waals surface area contributed by atoms with E-state index in [2.05, 4.69) is 6.58 Å². The van der Waals surface area contributed by atoms with Crippen molar-refractivity contribution in [2.75, 3.05) is 20.1 Å². The first-order valence-electron chi connectivity index (χ1n) is 11.8. The van der Waals surface area contributed by atoms with Gasteiger partial charge in [0.05, 0.1) is 6.42 Å². The number of hydrogen-bond donors (Lipinski definition) is 0. The molecular weight excluding hydrogens is 428 g/mol. The van der Waals surface area contributed by atoms with Crippen LogP contribution in [0, 0.1) is 0 Å². The fourth-order valence-electron chi connectivity index (χ4n) is 4.00. The number of ether oxygens (including phenoxy) is 2. The molecule has 1 heterocycles. The van der Waals surface area contributed by atoms with Crippen molar-refractivity contribution in [2.45, 2.75) is 58.3 Å². The lowest BCUT2D eigenvalue weighted by atomic mass is 10.0. The number of nitrogens with zero attached hydrogens (tertiary/aromatic N) is 2. The van der Waals surface area contributed by atoms with E-state index in [1.54, 1.807) is 15.9 Å². The Balaban J connectivity index is 1.67. The highest BCUT2D eigenvalue weighted by molar-refractivity contribution is 5.80. The fraction of sp³-hybridized carbons (Fsp3) is 0.429. The summed E-state index contributed by atoms with van der Waals surface area (Å²) in [5.74, 6) is 0.678. The average Bonchev–Trinajstić information content (AvgIpc) is 2.82. The molecule has 182 valence electrons. The molecule has 34 heavy (non-hydrogen) atoms. The Hall–Kier alpha value is -3.28. The van der Waals surface area contributed by atoms with E-state index < -0.39 is 5.60 Å². The largest absolute Gasteiger partial charge is 0.489 e. The molecule has 1 aliphatic rings. The zero-order valence-electron chi connectivity index (χ0n) is 20.8. The maximum atomic E-state index is 13.3. The van der Waals surface area contributed by atoms with Gasteiger partial charge in [0.1, 0.15) is 18.0 Å². The predicted octanol–water partition coefficient (Wildman–Crippen LogP) is 5.31. The van der Waals surface area contributed by atoms with Gasteiger partial charge in [0.15, 0.2) is 0 Å². The Kier molecular flexibility index (Phi) is 8.37. The molecule has 1 atom stereocenters. The molecule has 0 saturated carbocycles. The normalized spacial score (nSPS) is 16.0. The van der Waals surface area contributed by atoms with Gasteiger partial charge in [0, 0.05) is 31.7 Å². The molecule has 3 rings (SSSR count). The average molecular weight is 465 g/mol. The predicted molar refractivity (Wildman–Crippen MR) is 135 cm³/mol. The van der Waals surface area contributed by atoms with Crippen LogP contribution in [0.15, 0.2) is 55.1 Å². The second kappa shape index (κ2) is 11.2. The zero-order valence-corrected chi connectivity index (χ0v) is 20.8. The number of amides is 2. The van der Waals surface area contributed by atoms with Gasteiger partial charge in [-0.1, -0.05) is 49.1 Å². The summed E-state index contributed by atoms with van der Waals surface area (Å²) in [5, 5.41) is 0. The lowest BCUT2D eigenvalue weighted by Crippen LogP contribution is -2.51. The summed E-state index contributed by atoms with van der Waals surface area (Å²) < 4.78 is 11.6. The first-order chi connectivity index (χ1) is 16.2. The smallest absolute Gasteiger partial charge is 0.410 e. The Bertz CT molecular complexity index is 997. The maximum Gasteiger partial charge on any atom is 0.410 e. The first-order valence-corrected chi connectivity index (χ1v) is 11.8. The molecular formula is C28H36N2O4. The molecule has 6 nitrogen and oxygen atoms in total. The minimum atomic E-state index is -0.544. The van der Waals surface area contributed by atoms with E-state index in [9.17, 15) is 9.59 Å². The molecule has 0 spiro atoms. The van der Waals surface area contributed by atoms with Crippen molar-refractivity contribution in [2.24, 2.45) is 0 Å². The van der Waals surface area contributed by atoms with Crippen LogP contribution >= 0.6 is 0 Å². The number of carbonyl (C=O) groups is 2. The molecule has 0 unspecified atom stereocenters. The molecule has 2 aromatic rings. The summed E-state index contributed by atoms with van der Waals surface area (Å²) in [7, 11) is 1.81. The molecule has 6 heteroatoms. The summed E-state index contributed by atoms with van der Waals surface area (Å²) in [4.78, 5) is 29.2. The van der Waals surface area contributed by atoms with Crippen LogP contribution in [-0.4, -0.2) is 53.6 Å². The van der Waals surface area contributed by atoms with Gasteiger partial charge in [-0.05, 0) is 56.9 Å². The quantitative estimate of drug-likeness (QED) is 0.557. The lowest BCUT2D eigenvalue weighted by Gasteiger charge is -2.38. The van der Waals surface area contributed by atoms with Crippen molar-refractivity contribution in [3.05, 3.63) is 71.8 Å². The number of rotatable bonds is 7. The number of likely N-dealkylation sites (tertiary alicyclic amines) is 1. The molecule has 2 aromatic carbocycles. The highest BCUT2D eigenvalue weighted by Gasteiger charge is 2.31. The van der Waals surface area contributed by atoms with Crippen molar-refractivity contribution in [3.63, 3.8) is 0 Å². The third-order valence-corrected chi connectivity index (χ3v) is 5.89.